The molecule has 0 saturated heterocycles. The van der Waals surface area contributed by atoms with E-state index in [1.807, 2.05) is 12.1 Å². The van der Waals surface area contributed by atoms with Crippen molar-refractivity contribution in [2.24, 2.45) is 0 Å². The first-order valence-corrected chi connectivity index (χ1v) is 7.01. The summed E-state index contributed by atoms with van der Waals surface area (Å²) in [6, 6.07) is 9.96. The molecule has 0 aliphatic carbocycles. The van der Waals surface area contributed by atoms with Crippen LogP contribution in [-0.2, 0) is 0 Å². The summed E-state index contributed by atoms with van der Waals surface area (Å²) in [6.45, 7) is 6.16. The number of nitrogens with one attached hydrogen (secondary N) is 1. The summed E-state index contributed by atoms with van der Waals surface area (Å²) in [7, 11) is 0. The number of pyridine rings is 1. The minimum Gasteiger partial charge on any atom is -0.439 e. The molecule has 0 atom stereocenters. The molecule has 1 aromatic heterocycles. The van der Waals surface area contributed by atoms with Crippen LogP contribution in [0.5, 0.6) is 11.6 Å². The summed E-state index contributed by atoms with van der Waals surface area (Å²) < 4.78 is 19.1. The fraction of sp³-hybridized carbons (Fsp3) is 0.267. The van der Waals surface area contributed by atoms with E-state index in [0.29, 0.717) is 16.1 Å². The summed E-state index contributed by atoms with van der Waals surface area (Å²) in [5, 5.41) is 3.27. The standard InChI is InChI=1S/C15H16BrFN2O/c1-15(2,3)19-13-5-4-6-14(18-13)20-10-7-8-12(17)11(16)9-10/h4-9H,1-3H3,(H,18,19). The van der Waals surface area contributed by atoms with Gasteiger partial charge in [-0.2, -0.15) is 4.98 Å². The number of anilines is 1. The SMILES string of the molecule is CC(C)(C)Nc1cccc(Oc2ccc(F)c(Br)c2)n1. The van der Waals surface area contributed by atoms with Gasteiger partial charge >= 0.3 is 0 Å². The number of hydrogen-bond donors (Lipinski definition) is 1. The Balaban J connectivity index is 2.17. The average Bonchev–Trinajstić information content (AvgIpc) is 2.32. The highest BCUT2D eigenvalue weighted by atomic mass is 79.9. The topological polar surface area (TPSA) is 34.1 Å². The van der Waals surface area contributed by atoms with Gasteiger partial charge in [-0.25, -0.2) is 4.39 Å². The van der Waals surface area contributed by atoms with Crippen molar-refractivity contribution in [3.8, 4) is 11.6 Å². The molecule has 0 unspecified atom stereocenters. The van der Waals surface area contributed by atoms with Crippen LogP contribution in [0.1, 0.15) is 20.8 Å². The van der Waals surface area contributed by atoms with Crippen LogP contribution in [-0.4, -0.2) is 10.5 Å². The molecule has 1 heterocycles. The van der Waals surface area contributed by atoms with Crippen molar-refractivity contribution < 1.29 is 9.13 Å². The largest absolute Gasteiger partial charge is 0.439 e. The van der Waals surface area contributed by atoms with Gasteiger partial charge in [0.15, 0.2) is 0 Å². The Labute approximate surface area is 126 Å². The van der Waals surface area contributed by atoms with Crippen LogP contribution in [0.2, 0.25) is 0 Å². The summed E-state index contributed by atoms with van der Waals surface area (Å²) >= 11 is 3.13. The summed E-state index contributed by atoms with van der Waals surface area (Å²) in [4.78, 5) is 4.36. The molecule has 0 amide bonds. The van der Waals surface area contributed by atoms with E-state index in [2.05, 4.69) is 47.0 Å². The van der Waals surface area contributed by atoms with Crippen LogP contribution in [0, 0.1) is 5.82 Å². The fourth-order valence-electron chi connectivity index (χ4n) is 1.59. The molecule has 0 aliphatic heterocycles. The molecule has 0 saturated carbocycles. The van der Waals surface area contributed by atoms with E-state index >= 15 is 0 Å². The van der Waals surface area contributed by atoms with Crippen molar-refractivity contribution in [3.05, 3.63) is 46.7 Å². The maximum absolute atomic E-state index is 13.2. The number of hydrogen-bond acceptors (Lipinski definition) is 3. The highest BCUT2D eigenvalue weighted by Crippen LogP contribution is 2.26. The lowest BCUT2D eigenvalue weighted by molar-refractivity contribution is 0.460. The van der Waals surface area contributed by atoms with Crippen LogP contribution in [0.15, 0.2) is 40.9 Å². The predicted octanol–water partition coefficient (Wildman–Crippen LogP) is 4.99. The molecule has 20 heavy (non-hydrogen) atoms. The monoisotopic (exact) mass is 338 g/mol. The van der Waals surface area contributed by atoms with Gasteiger partial charge in [-0.15, -0.1) is 0 Å². The third-order valence-corrected chi connectivity index (χ3v) is 2.95. The zero-order valence-corrected chi connectivity index (χ0v) is 13.2. The minimum atomic E-state index is -0.326. The number of nitrogens with zero attached hydrogens (tertiary/aromatic N) is 1. The maximum atomic E-state index is 13.2. The molecule has 0 bridgehead atoms. The van der Waals surface area contributed by atoms with Crippen molar-refractivity contribution in [2.75, 3.05) is 5.32 Å². The van der Waals surface area contributed by atoms with E-state index < -0.39 is 0 Å². The summed E-state index contributed by atoms with van der Waals surface area (Å²) in [5.41, 5.74) is -0.0788. The molecule has 0 spiro atoms. The van der Waals surface area contributed by atoms with Gasteiger partial charge in [0.25, 0.3) is 0 Å². The van der Waals surface area contributed by atoms with Gasteiger partial charge in [0.1, 0.15) is 17.4 Å². The van der Waals surface area contributed by atoms with Crippen molar-refractivity contribution >= 4 is 21.7 Å². The minimum absolute atomic E-state index is 0.0788. The Bertz CT molecular complexity index is 611. The Hall–Kier alpha value is -1.62. The molecule has 0 aliphatic rings. The van der Waals surface area contributed by atoms with Gasteiger partial charge in [0.05, 0.1) is 4.47 Å². The van der Waals surface area contributed by atoms with E-state index in [-0.39, 0.29) is 11.4 Å². The molecule has 1 aromatic carbocycles. The Morgan fingerprint density at radius 1 is 1.20 bits per heavy atom. The smallest absolute Gasteiger partial charge is 0.221 e. The average molecular weight is 339 g/mol. The van der Waals surface area contributed by atoms with E-state index in [4.69, 9.17) is 4.74 Å². The quantitative estimate of drug-likeness (QED) is 0.856. The zero-order chi connectivity index (χ0) is 14.8. The third kappa shape index (κ3) is 4.20. The van der Waals surface area contributed by atoms with Gasteiger partial charge in [-0.1, -0.05) is 6.07 Å². The van der Waals surface area contributed by atoms with Crippen molar-refractivity contribution in [1.29, 1.82) is 0 Å². The van der Waals surface area contributed by atoms with Gasteiger partial charge in [-0.05, 0) is 61.0 Å². The Morgan fingerprint density at radius 2 is 1.95 bits per heavy atom. The second-order valence-corrected chi connectivity index (χ2v) is 6.27. The number of ether oxygens (including phenoxy) is 1. The normalized spacial score (nSPS) is 11.2. The van der Waals surface area contributed by atoms with Gasteiger partial charge in [0.2, 0.25) is 5.88 Å². The van der Waals surface area contributed by atoms with Crippen LogP contribution in [0.3, 0.4) is 0 Å². The van der Waals surface area contributed by atoms with Crippen LogP contribution < -0.4 is 10.1 Å². The molecule has 5 heteroatoms. The van der Waals surface area contributed by atoms with Gasteiger partial charge in [0, 0.05) is 11.6 Å². The lowest BCUT2D eigenvalue weighted by atomic mass is 10.1. The summed E-state index contributed by atoms with van der Waals surface area (Å²) in [6.07, 6.45) is 0. The lowest BCUT2D eigenvalue weighted by Crippen LogP contribution is -2.26. The molecule has 0 fully saturated rings. The highest BCUT2D eigenvalue weighted by molar-refractivity contribution is 9.10. The van der Waals surface area contributed by atoms with E-state index in [9.17, 15) is 4.39 Å². The molecule has 2 aromatic rings. The molecule has 106 valence electrons. The van der Waals surface area contributed by atoms with Gasteiger partial charge < -0.3 is 10.1 Å². The zero-order valence-electron chi connectivity index (χ0n) is 11.6. The first-order valence-electron chi connectivity index (χ1n) is 6.22. The number of rotatable bonds is 3. The van der Waals surface area contributed by atoms with Crippen molar-refractivity contribution in [3.63, 3.8) is 0 Å². The Morgan fingerprint density at radius 3 is 2.60 bits per heavy atom. The maximum Gasteiger partial charge on any atom is 0.221 e. The molecule has 0 radical (unpaired) electrons. The molecule has 1 N–H and O–H groups in total. The number of halogens is 2. The van der Waals surface area contributed by atoms with Crippen molar-refractivity contribution in [2.45, 2.75) is 26.3 Å². The number of benzene rings is 1. The van der Waals surface area contributed by atoms with E-state index in [1.165, 1.54) is 6.07 Å². The van der Waals surface area contributed by atoms with E-state index in [1.54, 1.807) is 18.2 Å². The van der Waals surface area contributed by atoms with Crippen LogP contribution in [0.4, 0.5) is 10.2 Å². The molecule has 2 rings (SSSR count). The second-order valence-electron chi connectivity index (χ2n) is 5.41. The molecule has 3 nitrogen and oxygen atoms in total. The highest BCUT2D eigenvalue weighted by Gasteiger charge is 2.11. The fourth-order valence-corrected chi connectivity index (χ4v) is 1.94. The predicted molar refractivity (Wildman–Crippen MR) is 81.8 cm³/mol. The third-order valence-electron chi connectivity index (χ3n) is 2.34. The molecular formula is C15H16BrFN2O. The summed E-state index contributed by atoms with van der Waals surface area (Å²) in [5.74, 6) is 1.39. The van der Waals surface area contributed by atoms with Crippen LogP contribution in [0.25, 0.3) is 0 Å². The van der Waals surface area contributed by atoms with E-state index in [0.717, 1.165) is 5.82 Å². The number of aromatic nitrogens is 1. The van der Waals surface area contributed by atoms with Crippen LogP contribution >= 0.6 is 15.9 Å². The van der Waals surface area contributed by atoms with Gasteiger partial charge in [-0.3, -0.25) is 0 Å². The first kappa shape index (κ1) is 14.8. The Kier molecular flexibility index (Phi) is 4.28. The lowest BCUT2D eigenvalue weighted by Gasteiger charge is -2.21. The van der Waals surface area contributed by atoms with Crippen molar-refractivity contribution in [1.82, 2.24) is 4.98 Å². The second kappa shape index (κ2) is 5.79. The molecular weight excluding hydrogens is 323 g/mol. The first-order chi connectivity index (χ1) is 9.33.